The third-order valence-electron chi connectivity index (χ3n) is 3.58. The molecule has 0 heterocycles. The predicted octanol–water partition coefficient (Wildman–Crippen LogP) is 3.91. The molecule has 0 saturated carbocycles. The van der Waals surface area contributed by atoms with Gasteiger partial charge in [-0.3, -0.25) is 9.59 Å². The van der Waals surface area contributed by atoms with Crippen molar-refractivity contribution in [2.75, 3.05) is 5.32 Å². The summed E-state index contributed by atoms with van der Waals surface area (Å²) in [7, 11) is 0. The molecule has 4 nitrogen and oxygen atoms in total. The van der Waals surface area contributed by atoms with E-state index in [2.05, 4.69) is 5.32 Å². The lowest BCUT2D eigenvalue weighted by Crippen LogP contribution is -2.30. The van der Waals surface area contributed by atoms with Crippen molar-refractivity contribution in [3.05, 3.63) is 59.2 Å². The maximum atomic E-state index is 12.2. The third-order valence-corrected chi connectivity index (χ3v) is 3.58. The van der Waals surface area contributed by atoms with Crippen molar-refractivity contribution in [1.29, 1.82) is 0 Å². The quantitative estimate of drug-likeness (QED) is 0.852. The summed E-state index contributed by atoms with van der Waals surface area (Å²) in [4.78, 5) is 23.5. The fraction of sp³-hybridized carbons (Fsp3) is 0.263. The number of rotatable bonds is 5. The number of anilines is 1. The fourth-order valence-electron chi connectivity index (χ4n) is 2.11. The second-order valence-corrected chi connectivity index (χ2v) is 5.65. The molecule has 2 aromatic rings. The number of aryl methyl sites for hydroxylation is 2. The third kappa shape index (κ3) is 4.42. The second kappa shape index (κ2) is 7.09. The summed E-state index contributed by atoms with van der Waals surface area (Å²) < 4.78 is 5.76. The van der Waals surface area contributed by atoms with Crippen LogP contribution in [0.5, 0.6) is 5.75 Å². The topological polar surface area (TPSA) is 55.4 Å². The molecular weight excluding hydrogens is 290 g/mol. The molecule has 0 aliphatic rings. The minimum atomic E-state index is -0.622. The molecule has 1 N–H and O–H groups in total. The Morgan fingerprint density at radius 1 is 1.04 bits per heavy atom. The Bertz CT molecular complexity index is 720. The summed E-state index contributed by atoms with van der Waals surface area (Å²) >= 11 is 0. The largest absolute Gasteiger partial charge is 0.481 e. The van der Waals surface area contributed by atoms with E-state index in [-0.39, 0.29) is 11.7 Å². The Hall–Kier alpha value is -2.62. The minimum absolute atomic E-state index is 0.00509. The van der Waals surface area contributed by atoms with E-state index in [0.717, 1.165) is 11.1 Å². The van der Waals surface area contributed by atoms with E-state index in [4.69, 9.17) is 4.74 Å². The van der Waals surface area contributed by atoms with Crippen molar-refractivity contribution in [2.24, 2.45) is 0 Å². The van der Waals surface area contributed by atoms with Gasteiger partial charge in [-0.2, -0.15) is 0 Å². The highest BCUT2D eigenvalue weighted by atomic mass is 16.5. The van der Waals surface area contributed by atoms with E-state index in [1.807, 2.05) is 32.0 Å². The van der Waals surface area contributed by atoms with Crippen LogP contribution in [-0.2, 0) is 4.79 Å². The minimum Gasteiger partial charge on any atom is -0.481 e. The molecule has 4 heteroatoms. The molecule has 0 aliphatic heterocycles. The van der Waals surface area contributed by atoms with Crippen LogP contribution in [0, 0.1) is 13.8 Å². The van der Waals surface area contributed by atoms with Gasteiger partial charge in [-0.05, 0) is 69.2 Å². The Kier molecular flexibility index (Phi) is 5.16. The molecule has 0 aliphatic carbocycles. The summed E-state index contributed by atoms with van der Waals surface area (Å²) in [6.07, 6.45) is -0.622. The molecule has 120 valence electrons. The maximum Gasteiger partial charge on any atom is 0.265 e. The molecule has 1 unspecified atom stereocenters. The zero-order valence-electron chi connectivity index (χ0n) is 13.8. The summed E-state index contributed by atoms with van der Waals surface area (Å²) in [6.45, 7) is 7.14. The van der Waals surface area contributed by atoms with Gasteiger partial charge < -0.3 is 10.1 Å². The van der Waals surface area contributed by atoms with Crippen LogP contribution in [0.4, 0.5) is 5.69 Å². The van der Waals surface area contributed by atoms with Crippen molar-refractivity contribution < 1.29 is 14.3 Å². The number of ketones is 1. The van der Waals surface area contributed by atoms with E-state index >= 15 is 0 Å². The molecule has 1 amide bonds. The van der Waals surface area contributed by atoms with Gasteiger partial charge >= 0.3 is 0 Å². The zero-order valence-corrected chi connectivity index (χ0v) is 13.8. The van der Waals surface area contributed by atoms with Gasteiger partial charge in [0.2, 0.25) is 0 Å². The van der Waals surface area contributed by atoms with Crippen LogP contribution in [0.2, 0.25) is 0 Å². The summed E-state index contributed by atoms with van der Waals surface area (Å²) in [5.41, 5.74) is 3.32. The van der Waals surface area contributed by atoms with Gasteiger partial charge in [0, 0.05) is 11.3 Å². The number of ether oxygens (including phenoxy) is 1. The van der Waals surface area contributed by atoms with Crippen LogP contribution < -0.4 is 10.1 Å². The Morgan fingerprint density at radius 2 is 1.70 bits per heavy atom. The lowest BCUT2D eigenvalue weighted by atomic mass is 10.1. The first-order chi connectivity index (χ1) is 10.9. The van der Waals surface area contributed by atoms with Crippen LogP contribution in [0.15, 0.2) is 42.5 Å². The average molecular weight is 311 g/mol. The van der Waals surface area contributed by atoms with E-state index in [9.17, 15) is 9.59 Å². The molecule has 2 aromatic carbocycles. The standard InChI is InChI=1S/C19H21NO3/c1-12-5-6-13(2)18(11-12)23-15(4)19(22)20-17-9-7-16(8-10-17)14(3)21/h5-11,15H,1-4H3,(H,20,22). The lowest BCUT2D eigenvalue weighted by molar-refractivity contribution is -0.122. The van der Waals surface area contributed by atoms with Crippen LogP contribution in [0.1, 0.15) is 35.3 Å². The monoisotopic (exact) mass is 311 g/mol. The number of hydrogen-bond donors (Lipinski definition) is 1. The SMILES string of the molecule is CC(=O)c1ccc(NC(=O)C(C)Oc2cc(C)ccc2C)cc1. The van der Waals surface area contributed by atoms with E-state index < -0.39 is 6.10 Å². The normalized spacial score (nSPS) is 11.7. The van der Waals surface area contributed by atoms with Crippen molar-refractivity contribution in [3.8, 4) is 5.75 Å². The number of carbonyl (C=O) groups excluding carboxylic acids is 2. The van der Waals surface area contributed by atoms with E-state index in [1.165, 1.54) is 6.92 Å². The van der Waals surface area contributed by atoms with E-state index in [1.54, 1.807) is 31.2 Å². The highest BCUT2D eigenvalue weighted by Crippen LogP contribution is 2.21. The summed E-state index contributed by atoms with van der Waals surface area (Å²) in [5.74, 6) is 0.468. The first kappa shape index (κ1) is 16.7. The van der Waals surface area contributed by atoms with Crippen molar-refractivity contribution in [1.82, 2.24) is 0 Å². The molecule has 0 bridgehead atoms. The van der Waals surface area contributed by atoms with Crippen LogP contribution >= 0.6 is 0 Å². The number of carbonyl (C=O) groups is 2. The van der Waals surface area contributed by atoms with Crippen molar-refractivity contribution in [3.63, 3.8) is 0 Å². The van der Waals surface area contributed by atoms with Gasteiger partial charge in [0.25, 0.3) is 5.91 Å². The highest BCUT2D eigenvalue weighted by Gasteiger charge is 2.16. The number of hydrogen-bond acceptors (Lipinski definition) is 3. The Labute approximate surface area is 136 Å². The van der Waals surface area contributed by atoms with Crippen LogP contribution in [-0.4, -0.2) is 17.8 Å². The lowest BCUT2D eigenvalue weighted by Gasteiger charge is -2.16. The van der Waals surface area contributed by atoms with Crippen molar-refractivity contribution in [2.45, 2.75) is 33.8 Å². The number of nitrogens with one attached hydrogen (secondary N) is 1. The molecule has 1 atom stereocenters. The molecule has 0 saturated heterocycles. The summed E-state index contributed by atoms with van der Waals surface area (Å²) in [5, 5.41) is 2.79. The Morgan fingerprint density at radius 3 is 2.30 bits per heavy atom. The number of amides is 1. The number of benzene rings is 2. The fourth-order valence-corrected chi connectivity index (χ4v) is 2.11. The first-order valence-electron chi connectivity index (χ1n) is 7.52. The van der Waals surface area contributed by atoms with Gasteiger partial charge in [-0.15, -0.1) is 0 Å². The van der Waals surface area contributed by atoms with Gasteiger partial charge in [0.05, 0.1) is 0 Å². The van der Waals surface area contributed by atoms with Crippen LogP contribution in [0.25, 0.3) is 0 Å². The van der Waals surface area contributed by atoms with Crippen molar-refractivity contribution >= 4 is 17.4 Å². The first-order valence-corrected chi connectivity index (χ1v) is 7.52. The molecule has 0 fully saturated rings. The molecule has 2 rings (SSSR count). The second-order valence-electron chi connectivity index (χ2n) is 5.65. The number of Topliss-reactive ketones (excluding diaryl/α,β-unsaturated/α-hetero) is 1. The highest BCUT2D eigenvalue weighted by molar-refractivity contribution is 5.96. The van der Waals surface area contributed by atoms with Gasteiger partial charge in [0.15, 0.2) is 11.9 Å². The predicted molar refractivity (Wildman–Crippen MR) is 91.1 cm³/mol. The molecule has 0 radical (unpaired) electrons. The average Bonchev–Trinajstić information content (AvgIpc) is 2.51. The maximum absolute atomic E-state index is 12.2. The van der Waals surface area contributed by atoms with Gasteiger partial charge in [-0.25, -0.2) is 0 Å². The van der Waals surface area contributed by atoms with Gasteiger partial charge in [0.1, 0.15) is 5.75 Å². The molecule has 0 spiro atoms. The van der Waals surface area contributed by atoms with E-state index in [0.29, 0.717) is 17.0 Å². The molecule has 23 heavy (non-hydrogen) atoms. The van der Waals surface area contributed by atoms with Crippen LogP contribution in [0.3, 0.4) is 0 Å². The zero-order chi connectivity index (χ0) is 17.0. The molecular formula is C19H21NO3. The Balaban J connectivity index is 2.02. The smallest absolute Gasteiger partial charge is 0.265 e. The van der Waals surface area contributed by atoms with Gasteiger partial charge in [-0.1, -0.05) is 12.1 Å². The summed E-state index contributed by atoms with van der Waals surface area (Å²) in [6, 6.07) is 12.7. The molecule has 0 aromatic heterocycles.